The summed E-state index contributed by atoms with van der Waals surface area (Å²) in [6, 6.07) is 4.35. The average molecular weight is 600 g/mol. The number of imidazole rings is 1. The van der Waals surface area contributed by atoms with E-state index in [1.807, 2.05) is 0 Å². The van der Waals surface area contributed by atoms with Gasteiger partial charge in [-0.3, -0.25) is 14.5 Å². The summed E-state index contributed by atoms with van der Waals surface area (Å²) in [6.45, 7) is 3.73. The molecule has 1 fully saturated rings. The first kappa shape index (κ1) is 28.1. The van der Waals surface area contributed by atoms with Gasteiger partial charge in [0, 0.05) is 29.7 Å². The molecule has 0 bridgehead atoms. The summed E-state index contributed by atoms with van der Waals surface area (Å²) >= 11 is 2.41. The minimum absolute atomic E-state index is 0.0818. The number of ether oxygens (including phenoxy) is 1. The summed E-state index contributed by atoms with van der Waals surface area (Å²) in [5.41, 5.74) is 7.35. The molecule has 2 aliphatic rings. The number of carboxylic acid groups (broad SMARTS) is 1. The highest BCUT2D eigenvalue weighted by molar-refractivity contribution is 8.00. The number of β-lactam (4-membered cyclic amide) rings is 1. The molecule has 214 valence electrons. The summed E-state index contributed by atoms with van der Waals surface area (Å²) in [7, 11) is 1.26. The number of fused-ring (bicyclic) bond motifs is 2. The van der Waals surface area contributed by atoms with Gasteiger partial charge in [-0.15, -0.1) is 23.1 Å². The molecule has 2 aliphatic heterocycles. The molecule has 2 amide bonds. The number of nitrogen functional groups attached to an aromatic ring is 1. The van der Waals surface area contributed by atoms with Crippen molar-refractivity contribution in [1.29, 1.82) is 0 Å². The highest BCUT2D eigenvalue weighted by atomic mass is 32.2. The molecule has 3 aromatic rings. The van der Waals surface area contributed by atoms with Crippen LogP contribution in [0.2, 0.25) is 0 Å². The van der Waals surface area contributed by atoms with Gasteiger partial charge in [0.25, 0.3) is 23.2 Å². The third-order valence-corrected chi connectivity index (χ3v) is 8.62. The van der Waals surface area contributed by atoms with Gasteiger partial charge in [0.2, 0.25) is 0 Å². The molecule has 0 radical (unpaired) electrons. The lowest BCUT2D eigenvalue weighted by molar-refractivity contribution is -0.514. The van der Waals surface area contributed by atoms with Gasteiger partial charge in [0.1, 0.15) is 30.8 Å². The van der Waals surface area contributed by atoms with E-state index in [9.17, 15) is 24.3 Å². The highest BCUT2D eigenvalue weighted by Crippen LogP contribution is 2.40. The van der Waals surface area contributed by atoms with Crippen LogP contribution in [-0.4, -0.2) is 74.8 Å². The number of carboxylic acids is 1. The molecule has 0 saturated carbocycles. The van der Waals surface area contributed by atoms with Gasteiger partial charge in [-0.25, -0.2) is 14.3 Å². The summed E-state index contributed by atoms with van der Waals surface area (Å²) in [6.07, 6.45) is 1.72. The van der Waals surface area contributed by atoms with Crippen molar-refractivity contribution in [2.75, 3.05) is 25.2 Å². The number of aliphatic carboxylic acids is 1. The first-order valence-electron chi connectivity index (χ1n) is 12.4. The molecule has 1 saturated heterocycles. The lowest BCUT2D eigenvalue weighted by atomic mass is 10.0. The molecular weight excluding hydrogens is 574 g/mol. The van der Waals surface area contributed by atoms with E-state index in [-0.39, 0.29) is 41.1 Å². The van der Waals surface area contributed by atoms with Crippen molar-refractivity contribution in [2.24, 2.45) is 5.16 Å². The number of nitrogens with two attached hydrogens (primary N) is 1. The molecule has 5 rings (SSSR count). The Morgan fingerprint density at radius 3 is 2.78 bits per heavy atom. The number of thioether (sulfide) groups is 1. The van der Waals surface area contributed by atoms with Gasteiger partial charge in [-0.2, -0.15) is 4.40 Å². The molecule has 0 spiro atoms. The van der Waals surface area contributed by atoms with Crippen molar-refractivity contribution in [3.05, 3.63) is 58.1 Å². The number of rotatable bonds is 9. The third kappa shape index (κ3) is 4.88. The number of nitrogens with one attached hydrogen (secondary N) is 1. The van der Waals surface area contributed by atoms with E-state index in [2.05, 4.69) is 15.5 Å². The van der Waals surface area contributed by atoms with Gasteiger partial charge in [0.15, 0.2) is 16.5 Å². The van der Waals surface area contributed by atoms with Crippen LogP contribution < -0.4 is 20.6 Å². The average Bonchev–Trinajstić information content (AvgIpc) is 3.50. The second kappa shape index (κ2) is 11.2. The third-order valence-electron chi connectivity index (χ3n) is 6.61. The van der Waals surface area contributed by atoms with E-state index >= 15 is 0 Å². The number of nitrogens with zero attached hydrogens (tertiary/aromatic N) is 5. The van der Waals surface area contributed by atoms with Crippen molar-refractivity contribution in [1.82, 2.24) is 19.8 Å². The van der Waals surface area contributed by atoms with E-state index in [1.165, 1.54) is 24.3 Å². The molecule has 0 aromatic carbocycles. The Kier molecular flexibility index (Phi) is 7.68. The Bertz CT molecular complexity index is 1640. The van der Waals surface area contributed by atoms with E-state index in [0.29, 0.717) is 22.6 Å². The zero-order valence-electron chi connectivity index (χ0n) is 22.2. The first-order chi connectivity index (χ1) is 19.7. The van der Waals surface area contributed by atoms with Crippen LogP contribution in [0, 0.1) is 6.92 Å². The summed E-state index contributed by atoms with van der Waals surface area (Å²) in [5.74, 6) is -3.13. The van der Waals surface area contributed by atoms with Crippen LogP contribution in [0.1, 0.15) is 28.8 Å². The quantitative estimate of drug-likeness (QED) is 0.104. The number of carbonyl (C=O) groups is 4. The number of carbonyl (C=O) groups excluding carboxylic acids is 4. The largest absolute Gasteiger partial charge is 0.543 e. The molecule has 0 aliphatic carbocycles. The highest BCUT2D eigenvalue weighted by Gasteiger charge is 2.53. The van der Waals surface area contributed by atoms with Crippen LogP contribution in [0.4, 0.5) is 5.13 Å². The Balaban J connectivity index is 1.43. The number of oxime groups is 1. The minimum atomic E-state index is -1.52. The Morgan fingerprint density at radius 1 is 1.34 bits per heavy atom. The Morgan fingerprint density at radius 2 is 2.12 bits per heavy atom. The molecule has 3 aromatic heterocycles. The number of hydrogen-bond donors (Lipinski definition) is 2. The molecule has 3 N–H and O–H groups in total. The van der Waals surface area contributed by atoms with E-state index in [0.717, 1.165) is 16.2 Å². The monoisotopic (exact) mass is 599 g/mol. The van der Waals surface area contributed by atoms with Crippen molar-refractivity contribution >= 4 is 63.3 Å². The number of esters is 1. The van der Waals surface area contributed by atoms with Crippen LogP contribution in [0.15, 0.2) is 46.2 Å². The van der Waals surface area contributed by atoms with Crippen LogP contribution in [-0.2, 0) is 30.5 Å². The van der Waals surface area contributed by atoms with Gasteiger partial charge >= 0.3 is 5.97 Å². The lowest BCUT2D eigenvalue weighted by Crippen LogP contribution is -2.71. The number of thiazole rings is 1. The second-order valence-corrected chi connectivity index (χ2v) is 11.0. The van der Waals surface area contributed by atoms with Crippen LogP contribution in [0.25, 0.3) is 5.65 Å². The SMILES string of the molecule is CCOC(=O)c1c(C)n(CC2=C(C(=O)[O-])N3C(=O)[C@@H](NC(=O)/C(=N\OC)c4csc(N)n4)[C@@H]3SC2)c2cccc[n+]12. The van der Waals surface area contributed by atoms with Gasteiger partial charge in [-0.05, 0) is 13.0 Å². The number of pyridine rings is 1. The molecule has 0 unspecified atom stereocenters. The topological polar surface area (TPSA) is 185 Å². The maximum atomic E-state index is 13.2. The van der Waals surface area contributed by atoms with Crippen LogP contribution in [0.5, 0.6) is 0 Å². The fourth-order valence-corrected chi connectivity index (χ4v) is 6.73. The van der Waals surface area contributed by atoms with Gasteiger partial charge < -0.3 is 30.5 Å². The standard InChI is InChI=1S/C25H25N7O7S2/c1-4-39-24(37)18-12(2)31(15-7-5-6-8-30(15)18)9-13-10-40-22-17(21(34)32(22)19(13)23(35)36)28-20(33)16(29-38-3)14-11-41-25(26)27-14/h5-8,11,17,22H,4,9-10H2,1-3H3,(H3-,26,27,28,33,35,36)/b29-16-/t17-,22+/m1/s1. The van der Waals surface area contributed by atoms with Crippen molar-refractivity contribution in [2.45, 2.75) is 31.8 Å². The molecule has 14 nitrogen and oxygen atoms in total. The Labute approximate surface area is 241 Å². The van der Waals surface area contributed by atoms with E-state index < -0.39 is 35.2 Å². The number of hydrogen-bond acceptors (Lipinski definition) is 12. The number of aromatic nitrogens is 3. The molecule has 41 heavy (non-hydrogen) atoms. The van der Waals surface area contributed by atoms with Crippen LogP contribution >= 0.6 is 23.1 Å². The second-order valence-electron chi connectivity index (χ2n) is 8.96. The predicted molar refractivity (Wildman–Crippen MR) is 145 cm³/mol. The minimum Gasteiger partial charge on any atom is -0.543 e. The van der Waals surface area contributed by atoms with E-state index in [1.54, 1.807) is 47.2 Å². The smallest absolute Gasteiger partial charge is 0.383 e. The van der Waals surface area contributed by atoms with Gasteiger partial charge in [0.05, 0.1) is 24.5 Å². The summed E-state index contributed by atoms with van der Waals surface area (Å²) < 4.78 is 8.71. The maximum Gasteiger partial charge on any atom is 0.383 e. The maximum absolute atomic E-state index is 13.2. The van der Waals surface area contributed by atoms with Gasteiger partial charge in [-0.1, -0.05) is 11.2 Å². The molecule has 5 heterocycles. The summed E-state index contributed by atoms with van der Waals surface area (Å²) in [5, 5.41) is 19.7. The zero-order valence-corrected chi connectivity index (χ0v) is 23.8. The van der Waals surface area contributed by atoms with Crippen molar-refractivity contribution < 1.29 is 38.3 Å². The van der Waals surface area contributed by atoms with Crippen molar-refractivity contribution in [3.63, 3.8) is 0 Å². The fraction of sp³-hybridized carbons (Fsp3) is 0.320. The molecule has 16 heteroatoms. The molecular formula is C25H25N7O7S2. The zero-order chi connectivity index (χ0) is 29.4. The Hall–Kier alpha value is -4.44. The predicted octanol–water partition coefficient (Wildman–Crippen LogP) is -0.795. The molecule has 2 atom stereocenters. The number of amides is 2. The van der Waals surface area contributed by atoms with E-state index in [4.69, 9.17) is 15.3 Å². The summed E-state index contributed by atoms with van der Waals surface area (Å²) in [4.78, 5) is 61.2. The number of anilines is 1. The van der Waals surface area contributed by atoms with Crippen LogP contribution in [0.3, 0.4) is 0 Å². The first-order valence-corrected chi connectivity index (χ1v) is 14.3. The lowest BCUT2D eigenvalue weighted by Gasteiger charge is -2.50. The normalized spacial score (nSPS) is 18.7. The van der Waals surface area contributed by atoms with Crippen molar-refractivity contribution in [3.8, 4) is 0 Å². The fourth-order valence-electron chi connectivity index (χ4n) is 4.85.